The van der Waals surface area contributed by atoms with Crippen molar-refractivity contribution in [1.29, 1.82) is 0 Å². The second-order valence-corrected chi connectivity index (χ2v) is 5.94. The molecular formula is C12H20BrNO. The third kappa shape index (κ3) is 3.05. The van der Waals surface area contributed by atoms with Gasteiger partial charge in [0.15, 0.2) is 0 Å². The summed E-state index contributed by atoms with van der Waals surface area (Å²) in [5.74, 6) is 0. The summed E-state index contributed by atoms with van der Waals surface area (Å²) in [6, 6.07) is 0. The van der Waals surface area contributed by atoms with Gasteiger partial charge in [0.25, 0.3) is 0 Å². The Morgan fingerprint density at radius 1 is 1.40 bits per heavy atom. The van der Waals surface area contributed by atoms with Gasteiger partial charge in [0.2, 0.25) is 0 Å². The lowest BCUT2D eigenvalue weighted by Gasteiger charge is -2.23. The molecule has 3 heteroatoms. The molecule has 1 atom stereocenters. The number of hydrogen-bond acceptors (Lipinski definition) is 2. The molecule has 0 aromatic rings. The molecule has 0 aromatic carbocycles. The largest absolute Gasteiger partial charge is 0.370 e. The van der Waals surface area contributed by atoms with Crippen LogP contribution in [-0.2, 0) is 4.74 Å². The minimum atomic E-state index is 0.276. The van der Waals surface area contributed by atoms with E-state index in [0.29, 0.717) is 6.10 Å². The molecule has 2 aliphatic rings. The van der Waals surface area contributed by atoms with Gasteiger partial charge in [-0.25, -0.2) is 0 Å². The number of ether oxygens (including phenoxy) is 1. The highest BCUT2D eigenvalue weighted by molar-refractivity contribution is 9.11. The summed E-state index contributed by atoms with van der Waals surface area (Å²) in [5, 5.41) is 3.36. The van der Waals surface area contributed by atoms with E-state index in [2.05, 4.69) is 27.8 Å². The van der Waals surface area contributed by atoms with Gasteiger partial charge in [-0.3, -0.25) is 0 Å². The van der Waals surface area contributed by atoms with Crippen LogP contribution in [0.1, 0.15) is 38.5 Å². The van der Waals surface area contributed by atoms with Gasteiger partial charge < -0.3 is 10.1 Å². The maximum absolute atomic E-state index is 6.18. The van der Waals surface area contributed by atoms with Crippen LogP contribution in [0.5, 0.6) is 0 Å². The van der Waals surface area contributed by atoms with Crippen molar-refractivity contribution in [2.45, 2.75) is 50.2 Å². The van der Waals surface area contributed by atoms with Crippen LogP contribution in [0.4, 0.5) is 0 Å². The van der Waals surface area contributed by atoms with Gasteiger partial charge in [0.1, 0.15) is 0 Å². The molecule has 1 saturated carbocycles. The molecule has 2 fully saturated rings. The highest BCUT2D eigenvalue weighted by Gasteiger charge is 2.41. The zero-order valence-electron chi connectivity index (χ0n) is 9.23. The fourth-order valence-corrected chi connectivity index (χ4v) is 2.99. The van der Waals surface area contributed by atoms with E-state index >= 15 is 0 Å². The molecule has 15 heavy (non-hydrogen) atoms. The molecule has 2 nitrogen and oxygen atoms in total. The Balaban J connectivity index is 1.70. The quantitative estimate of drug-likeness (QED) is 0.851. The van der Waals surface area contributed by atoms with Crippen molar-refractivity contribution in [1.82, 2.24) is 5.32 Å². The van der Waals surface area contributed by atoms with E-state index in [0.717, 1.165) is 17.6 Å². The van der Waals surface area contributed by atoms with Gasteiger partial charge in [-0.2, -0.15) is 0 Å². The van der Waals surface area contributed by atoms with Crippen LogP contribution in [0.25, 0.3) is 0 Å². The lowest BCUT2D eigenvalue weighted by Crippen LogP contribution is -2.31. The van der Waals surface area contributed by atoms with Crippen LogP contribution < -0.4 is 5.32 Å². The Morgan fingerprint density at radius 2 is 2.13 bits per heavy atom. The SMILES string of the molecule is C=C(Br)CNCC1CCC2(CCCC2)O1. The summed E-state index contributed by atoms with van der Waals surface area (Å²) < 4.78 is 7.19. The average Bonchev–Trinajstić information content (AvgIpc) is 2.78. The minimum Gasteiger partial charge on any atom is -0.370 e. The van der Waals surface area contributed by atoms with E-state index in [-0.39, 0.29) is 5.60 Å². The molecule has 2 rings (SSSR count). The second-order valence-electron chi connectivity index (χ2n) is 4.82. The Kier molecular flexibility index (Phi) is 3.86. The normalized spacial score (nSPS) is 28.7. The predicted molar refractivity (Wildman–Crippen MR) is 66.2 cm³/mol. The third-order valence-electron chi connectivity index (χ3n) is 3.54. The van der Waals surface area contributed by atoms with Crippen molar-refractivity contribution in [3.8, 4) is 0 Å². The molecule has 1 saturated heterocycles. The zero-order chi connectivity index (χ0) is 10.7. The van der Waals surface area contributed by atoms with Crippen molar-refractivity contribution >= 4 is 15.9 Å². The van der Waals surface area contributed by atoms with Crippen molar-refractivity contribution in [3.05, 3.63) is 11.1 Å². The van der Waals surface area contributed by atoms with Gasteiger partial charge in [-0.15, -0.1) is 0 Å². The first-order valence-electron chi connectivity index (χ1n) is 5.92. The monoisotopic (exact) mass is 273 g/mol. The third-order valence-corrected chi connectivity index (χ3v) is 3.82. The molecule has 1 aliphatic carbocycles. The van der Waals surface area contributed by atoms with Gasteiger partial charge in [-0.05, 0) is 25.7 Å². The number of halogens is 1. The van der Waals surface area contributed by atoms with Gasteiger partial charge in [0, 0.05) is 17.6 Å². The van der Waals surface area contributed by atoms with Crippen molar-refractivity contribution in [2.75, 3.05) is 13.1 Å². The van der Waals surface area contributed by atoms with Crippen LogP contribution in [-0.4, -0.2) is 24.8 Å². The van der Waals surface area contributed by atoms with Crippen LogP contribution in [0, 0.1) is 0 Å². The molecule has 1 unspecified atom stereocenters. The Hall–Kier alpha value is 0.140. The summed E-state index contributed by atoms with van der Waals surface area (Å²) in [5.41, 5.74) is 0.276. The number of rotatable bonds is 4. The van der Waals surface area contributed by atoms with Crippen LogP contribution in [0.2, 0.25) is 0 Å². The minimum absolute atomic E-state index is 0.276. The Morgan fingerprint density at radius 3 is 2.80 bits per heavy atom. The smallest absolute Gasteiger partial charge is 0.0708 e. The number of nitrogens with one attached hydrogen (secondary N) is 1. The summed E-state index contributed by atoms with van der Waals surface area (Å²) >= 11 is 3.35. The lowest BCUT2D eigenvalue weighted by molar-refractivity contribution is -0.0348. The van der Waals surface area contributed by atoms with Gasteiger partial charge in [-0.1, -0.05) is 35.4 Å². The van der Waals surface area contributed by atoms with Crippen molar-refractivity contribution < 1.29 is 4.74 Å². The molecule has 1 spiro atoms. The molecular weight excluding hydrogens is 254 g/mol. The van der Waals surface area contributed by atoms with Crippen LogP contribution >= 0.6 is 15.9 Å². The summed E-state index contributed by atoms with van der Waals surface area (Å²) in [6.07, 6.45) is 8.21. The highest BCUT2D eigenvalue weighted by atomic mass is 79.9. The van der Waals surface area contributed by atoms with Crippen LogP contribution in [0.3, 0.4) is 0 Å². The molecule has 0 radical (unpaired) electrons. The van der Waals surface area contributed by atoms with E-state index in [1.54, 1.807) is 0 Å². The molecule has 1 N–H and O–H groups in total. The molecule has 0 amide bonds. The first kappa shape index (κ1) is 11.6. The van der Waals surface area contributed by atoms with Crippen molar-refractivity contribution in [2.24, 2.45) is 0 Å². The Bertz CT molecular complexity index is 236. The lowest BCUT2D eigenvalue weighted by atomic mass is 9.98. The maximum atomic E-state index is 6.18. The van der Waals surface area contributed by atoms with E-state index in [1.165, 1.54) is 38.5 Å². The molecule has 0 aromatic heterocycles. The van der Waals surface area contributed by atoms with Gasteiger partial charge in [0.05, 0.1) is 11.7 Å². The van der Waals surface area contributed by atoms with E-state index in [1.807, 2.05) is 0 Å². The van der Waals surface area contributed by atoms with E-state index in [4.69, 9.17) is 4.74 Å². The molecule has 1 aliphatic heterocycles. The van der Waals surface area contributed by atoms with Crippen molar-refractivity contribution in [3.63, 3.8) is 0 Å². The predicted octanol–water partition coefficient (Wildman–Crippen LogP) is 2.98. The molecule has 0 bridgehead atoms. The highest BCUT2D eigenvalue weighted by Crippen LogP contribution is 2.43. The van der Waals surface area contributed by atoms with Gasteiger partial charge >= 0.3 is 0 Å². The number of hydrogen-bond donors (Lipinski definition) is 1. The fraction of sp³-hybridized carbons (Fsp3) is 0.833. The summed E-state index contributed by atoms with van der Waals surface area (Å²) in [6.45, 7) is 5.61. The average molecular weight is 274 g/mol. The van der Waals surface area contributed by atoms with Crippen LogP contribution in [0.15, 0.2) is 11.1 Å². The van der Waals surface area contributed by atoms with E-state index < -0.39 is 0 Å². The molecule has 86 valence electrons. The first-order chi connectivity index (χ1) is 7.20. The van der Waals surface area contributed by atoms with E-state index in [9.17, 15) is 0 Å². The zero-order valence-corrected chi connectivity index (χ0v) is 10.8. The maximum Gasteiger partial charge on any atom is 0.0708 e. The topological polar surface area (TPSA) is 21.3 Å². The standard InChI is InChI=1S/C12H20BrNO/c1-10(13)8-14-9-11-4-7-12(15-11)5-2-3-6-12/h11,14H,1-9H2. The second kappa shape index (κ2) is 4.98. The first-order valence-corrected chi connectivity index (χ1v) is 6.71. The summed E-state index contributed by atoms with van der Waals surface area (Å²) in [4.78, 5) is 0. The Labute approximate surface area is 101 Å². The summed E-state index contributed by atoms with van der Waals surface area (Å²) in [7, 11) is 0. The fourth-order valence-electron chi connectivity index (χ4n) is 2.80. The molecule has 1 heterocycles.